The van der Waals surface area contributed by atoms with Gasteiger partial charge in [-0.05, 0) is 18.6 Å². The van der Waals surface area contributed by atoms with Gasteiger partial charge in [-0.2, -0.15) is 0 Å². The predicted molar refractivity (Wildman–Crippen MR) is 56.1 cm³/mol. The lowest BCUT2D eigenvalue weighted by Crippen LogP contribution is -1.94. The van der Waals surface area contributed by atoms with Gasteiger partial charge in [-0.25, -0.2) is 9.18 Å². The average Bonchev–Trinajstić information content (AvgIpc) is 2.14. The molecular weight excluding hydrogens is 223 g/mol. The van der Waals surface area contributed by atoms with E-state index in [9.17, 15) is 4.39 Å². The van der Waals surface area contributed by atoms with E-state index in [1.807, 2.05) is 6.92 Å². The summed E-state index contributed by atoms with van der Waals surface area (Å²) < 4.78 is 17.7. The fourth-order valence-corrected chi connectivity index (χ4v) is 0.777. The zero-order chi connectivity index (χ0) is 11.7. The molecule has 0 radical (unpaired) electrons. The number of benzene rings is 1. The second kappa shape index (κ2) is 8.05. The van der Waals surface area contributed by atoms with Gasteiger partial charge in [-0.1, -0.05) is 13.0 Å². The van der Waals surface area contributed by atoms with Crippen LogP contribution in [0.5, 0.6) is 5.75 Å². The molecule has 0 atom stereocenters. The summed E-state index contributed by atoms with van der Waals surface area (Å²) in [7, 11) is 0. The summed E-state index contributed by atoms with van der Waals surface area (Å²) in [6.07, 6.45) is 0.941. The van der Waals surface area contributed by atoms with Crippen molar-refractivity contribution in [3.63, 3.8) is 0 Å². The van der Waals surface area contributed by atoms with Crippen LogP contribution >= 0.6 is 11.6 Å². The molecule has 0 saturated carbocycles. The molecule has 0 heterocycles. The second-order valence-corrected chi connectivity index (χ2v) is 2.88. The van der Waals surface area contributed by atoms with Crippen LogP contribution in [0.15, 0.2) is 24.3 Å². The Morgan fingerprint density at radius 1 is 1.60 bits per heavy atom. The largest absolute Gasteiger partial charge is 0.494 e. The molecule has 0 unspecified atom stereocenters. The van der Waals surface area contributed by atoms with Gasteiger partial charge < -0.3 is 9.84 Å². The standard InChI is InChI=1S/C9H11FO.CHClO2/c1-2-6-11-9-5-3-4-8(10)7-9;2-1(3)4/h3-5,7H,2,6H2,1H3;(H,3,4). The Bertz CT molecular complexity index is 300. The summed E-state index contributed by atoms with van der Waals surface area (Å²) in [6, 6.07) is 6.17. The van der Waals surface area contributed by atoms with Gasteiger partial charge >= 0.3 is 5.43 Å². The number of halogens is 2. The fourth-order valence-electron chi connectivity index (χ4n) is 0.777. The molecule has 0 spiro atoms. The summed E-state index contributed by atoms with van der Waals surface area (Å²) in [5, 5.41) is 7.18. The van der Waals surface area contributed by atoms with E-state index >= 15 is 0 Å². The normalized spacial score (nSPS) is 8.73. The number of hydrogen-bond acceptors (Lipinski definition) is 2. The molecule has 0 fully saturated rings. The molecule has 0 aliphatic rings. The Morgan fingerprint density at radius 3 is 2.67 bits per heavy atom. The lowest BCUT2D eigenvalue weighted by molar-refractivity contribution is 0.220. The summed E-state index contributed by atoms with van der Waals surface area (Å²) in [5.41, 5.74) is -1.36. The van der Waals surface area contributed by atoms with E-state index in [1.54, 1.807) is 12.1 Å². The monoisotopic (exact) mass is 234 g/mol. The van der Waals surface area contributed by atoms with Crippen molar-refractivity contribution < 1.29 is 19.0 Å². The third kappa shape index (κ3) is 9.02. The molecule has 0 bridgehead atoms. The Morgan fingerprint density at radius 2 is 2.20 bits per heavy atom. The van der Waals surface area contributed by atoms with Gasteiger partial charge in [0.15, 0.2) is 0 Å². The van der Waals surface area contributed by atoms with Crippen molar-refractivity contribution in [3.05, 3.63) is 30.1 Å². The van der Waals surface area contributed by atoms with Crippen molar-refractivity contribution in [1.82, 2.24) is 0 Å². The molecule has 1 N–H and O–H groups in total. The smallest absolute Gasteiger partial charge is 0.401 e. The SMILES string of the molecule is CCCOc1cccc(F)c1.O=C(O)Cl. The average molecular weight is 235 g/mol. The summed E-state index contributed by atoms with van der Waals surface area (Å²) in [5.74, 6) is 0.352. The highest BCUT2D eigenvalue weighted by molar-refractivity contribution is 6.60. The lowest BCUT2D eigenvalue weighted by atomic mass is 10.3. The van der Waals surface area contributed by atoms with Crippen molar-refractivity contribution in [2.24, 2.45) is 0 Å². The molecule has 0 amide bonds. The summed E-state index contributed by atoms with van der Waals surface area (Å²) >= 11 is 4.19. The van der Waals surface area contributed by atoms with E-state index in [1.165, 1.54) is 12.1 Å². The molecule has 0 aliphatic heterocycles. The van der Waals surface area contributed by atoms with Crippen molar-refractivity contribution >= 4 is 17.0 Å². The van der Waals surface area contributed by atoms with E-state index < -0.39 is 5.43 Å². The molecule has 3 nitrogen and oxygen atoms in total. The van der Waals surface area contributed by atoms with Gasteiger partial charge in [-0.15, -0.1) is 0 Å². The number of hydrogen-bond donors (Lipinski definition) is 1. The van der Waals surface area contributed by atoms with Crippen molar-refractivity contribution in [3.8, 4) is 5.75 Å². The van der Waals surface area contributed by atoms with Gasteiger partial charge in [0.1, 0.15) is 11.6 Å². The first kappa shape index (κ1) is 13.7. The van der Waals surface area contributed by atoms with Crippen LogP contribution in [0, 0.1) is 5.82 Å². The highest BCUT2D eigenvalue weighted by Crippen LogP contribution is 2.11. The van der Waals surface area contributed by atoms with Crippen LogP contribution < -0.4 is 4.74 Å². The predicted octanol–water partition coefficient (Wildman–Crippen LogP) is 3.52. The number of rotatable bonds is 3. The Labute approximate surface area is 92.4 Å². The molecule has 5 heteroatoms. The van der Waals surface area contributed by atoms with E-state index in [0.717, 1.165) is 6.42 Å². The van der Waals surface area contributed by atoms with Gasteiger partial charge in [0.2, 0.25) is 0 Å². The molecule has 0 aliphatic carbocycles. The molecule has 1 aromatic carbocycles. The van der Waals surface area contributed by atoms with Crippen LogP contribution in [0.25, 0.3) is 0 Å². The minimum absolute atomic E-state index is 0.251. The van der Waals surface area contributed by atoms with Crippen LogP contribution in [0.3, 0.4) is 0 Å². The number of ether oxygens (including phenoxy) is 1. The molecule has 1 aromatic rings. The van der Waals surface area contributed by atoms with Crippen LogP contribution in [0.2, 0.25) is 0 Å². The first-order chi connectivity index (χ1) is 7.06. The van der Waals surface area contributed by atoms with E-state index in [4.69, 9.17) is 14.6 Å². The van der Waals surface area contributed by atoms with Gasteiger partial charge in [0.05, 0.1) is 6.61 Å². The van der Waals surface area contributed by atoms with E-state index in [0.29, 0.717) is 12.4 Å². The zero-order valence-corrected chi connectivity index (χ0v) is 9.00. The minimum atomic E-state index is -1.36. The second-order valence-electron chi connectivity index (χ2n) is 2.56. The molecular formula is C10H12ClFO3. The highest BCUT2D eigenvalue weighted by Gasteiger charge is 1.93. The first-order valence-corrected chi connectivity index (χ1v) is 4.70. The van der Waals surface area contributed by atoms with Crippen LogP contribution in [0.4, 0.5) is 9.18 Å². The Balaban J connectivity index is 0.000000423. The van der Waals surface area contributed by atoms with E-state index in [2.05, 4.69) is 11.6 Å². The summed E-state index contributed by atoms with van der Waals surface area (Å²) in [4.78, 5) is 8.77. The first-order valence-electron chi connectivity index (χ1n) is 4.33. The van der Waals surface area contributed by atoms with Crippen LogP contribution in [-0.4, -0.2) is 17.1 Å². The van der Waals surface area contributed by atoms with Gasteiger partial charge in [-0.3, -0.25) is 0 Å². The molecule has 84 valence electrons. The Hall–Kier alpha value is -1.29. The van der Waals surface area contributed by atoms with Crippen LogP contribution in [-0.2, 0) is 0 Å². The summed E-state index contributed by atoms with van der Waals surface area (Å²) in [6.45, 7) is 2.66. The zero-order valence-electron chi connectivity index (χ0n) is 8.24. The molecule has 15 heavy (non-hydrogen) atoms. The van der Waals surface area contributed by atoms with Crippen molar-refractivity contribution in [2.45, 2.75) is 13.3 Å². The molecule has 0 aromatic heterocycles. The highest BCUT2D eigenvalue weighted by atomic mass is 35.5. The maximum atomic E-state index is 12.5. The minimum Gasteiger partial charge on any atom is -0.494 e. The number of carboxylic acid groups (broad SMARTS) is 1. The van der Waals surface area contributed by atoms with Crippen molar-refractivity contribution in [2.75, 3.05) is 6.61 Å². The lowest BCUT2D eigenvalue weighted by Gasteiger charge is -2.02. The molecule has 0 saturated heterocycles. The Kier molecular flexibility index (Phi) is 7.36. The third-order valence-corrected chi connectivity index (χ3v) is 1.27. The third-order valence-electron chi connectivity index (χ3n) is 1.27. The fraction of sp³-hybridized carbons (Fsp3) is 0.300. The van der Waals surface area contributed by atoms with Crippen LogP contribution in [0.1, 0.15) is 13.3 Å². The molecule has 1 rings (SSSR count). The van der Waals surface area contributed by atoms with Gasteiger partial charge in [0.25, 0.3) is 0 Å². The maximum absolute atomic E-state index is 12.5. The van der Waals surface area contributed by atoms with Gasteiger partial charge in [0, 0.05) is 17.7 Å². The number of carbonyl (C=O) groups is 1. The maximum Gasteiger partial charge on any atom is 0.401 e. The topological polar surface area (TPSA) is 46.5 Å². The quantitative estimate of drug-likeness (QED) is 0.814. The van der Waals surface area contributed by atoms with Crippen molar-refractivity contribution in [1.29, 1.82) is 0 Å². The van der Waals surface area contributed by atoms with E-state index in [-0.39, 0.29) is 5.82 Å².